The lowest BCUT2D eigenvalue weighted by Crippen LogP contribution is -2.37. The predicted octanol–water partition coefficient (Wildman–Crippen LogP) is 0.835. The number of methoxy groups -OCH3 is 2. The molecule has 8 heteroatoms. The van der Waals surface area contributed by atoms with Gasteiger partial charge in [-0.05, 0) is 37.0 Å². The third-order valence-electron chi connectivity index (χ3n) is 4.51. The van der Waals surface area contributed by atoms with E-state index < -0.39 is 12.1 Å². The second kappa shape index (κ2) is 7.63. The highest BCUT2D eigenvalue weighted by atomic mass is 16.5. The summed E-state index contributed by atoms with van der Waals surface area (Å²) in [4.78, 5) is 37.5. The minimum absolute atomic E-state index is 0.0199. The number of nitrogens with zero attached hydrogens (tertiary/aromatic N) is 1. The smallest absolute Gasteiger partial charge is 0.324 e. The zero-order valence-corrected chi connectivity index (χ0v) is 14.9. The van der Waals surface area contributed by atoms with Gasteiger partial charge in [-0.3, -0.25) is 14.5 Å². The summed E-state index contributed by atoms with van der Waals surface area (Å²) in [6.07, 6.45) is 2.43. The van der Waals surface area contributed by atoms with E-state index in [4.69, 9.17) is 9.47 Å². The number of carbonyl (C=O) groups excluding carboxylic acids is 3. The van der Waals surface area contributed by atoms with Gasteiger partial charge in [0, 0.05) is 12.6 Å². The first-order valence-electron chi connectivity index (χ1n) is 8.64. The first-order chi connectivity index (χ1) is 12.5. The molecule has 8 nitrogen and oxygen atoms in total. The number of amides is 4. The van der Waals surface area contributed by atoms with Crippen molar-refractivity contribution in [2.24, 2.45) is 0 Å². The number of urea groups is 1. The van der Waals surface area contributed by atoms with E-state index in [-0.39, 0.29) is 30.8 Å². The highest BCUT2D eigenvalue weighted by molar-refractivity contribution is 6.05. The Morgan fingerprint density at radius 2 is 1.96 bits per heavy atom. The maximum Gasteiger partial charge on any atom is 0.324 e. The average molecular weight is 361 g/mol. The highest BCUT2D eigenvalue weighted by Crippen LogP contribution is 2.28. The summed E-state index contributed by atoms with van der Waals surface area (Å²) < 4.78 is 10.5. The standard InChI is InChI=1S/C18H23N3O5/c1-25-14-6-3-11(9-15(14)26-2)7-8-21-17(23)13(20-18(21)24)10-16(22)19-12-4-5-12/h3,6,9,12-13H,4-5,7-8,10H2,1-2H3,(H,19,22)(H,20,24)/t13-/m0/s1. The van der Waals surface area contributed by atoms with E-state index in [0.717, 1.165) is 23.3 Å². The van der Waals surface area contributed by atoms with Gasteiger partial charge >= 0.3 is 6.03 Å². The second-order valence-electron chi connectivity index (χ2n) is 6.48. The fourth-order valence-electron chi connectivity index (χ4n) is 2.90. The summed E-state index contributed by atoms with van der Waals surface area (Å²) in [7, 11) is 3.11. The average Bonchev–Trinajstić information content (AvgIpc) is 3.40. The number of rotatable bonds is 8. The van der Waals surface area contributed by atoms with Gasteiger partial charge in [-0.1, -0.05) is 6.07 Å². The van der Waals surface area contributed by atoms with Crippen molar-refractivity contribution in [3.8, 4) is 11.5 Å². The van der Waals surface area contributed by atoms with Gasteiger partial charge in [0.1, 0.15) is 6.04 Å². The Morgan fingerprint density at radius 3 is 2.62 bits per heavy atom. The number of nitrogens with one attached hydrogen (secondary N) is 2. The quantitative estimate of drug-likeness (QED) is 0.669. The molecule has 0 unspecified atom stereocenters. The van der Waals surface area contributed by atoms with Crippen LogP contribution >= 0.6 is 0 Å². The molecule has 1 aliphatic heterocycles. The topological polar surface area (TPSA) is 97.0 Å². The molecule has 2 fully saturated rings. The van der Waals surface area contributed by atoms with E-state index in [2.05, 4.69) is 10.6 Å². The molecule has 0 radical (unpaired) electrons. The Morgan fingerprint density at radius 1 is 1.23 bits per heavy atom. The molecule has 26 heavy (non-hydrogen) atoms. The van der Waals surface area contributed by atoms with Crippen molar-refractivity contribution in [2.75, 3.05) is 20.8 Å². The first kappa shape index (κ1) is 18.0. The van der Waals surface area contributed by atoms with E-state index in [1.807, 2.05) is 12.1 Å². The van der Waals surface area contributed by atoms with Crippen molar-refractivity contribution < 1.29 is 23.9 Å². The van der Waals surface area contributed by atoms with Crippen LogP contribution in [0.2, 0.25) is 0 Å². The van der Waals surface area contributed by atoms with E-state index in [9.17, 15) is 14.4 Å². The molecule has 3 rings (SSSR count). The summed E-state index contributed by atoms with van der Waals surface area (Å²) in [5.41, 5.74) is 0.915. The molecule has 1 aromatic rings. The van der Waals surface area contributed by atoms with Crippen molar-refractivity contribution in [1.29, 1.82) is 0 Å². The van der Waals surface area contributed by atoms with Crippen LogP contribution in [0.5, 0.6) is 11.5 Å². The second-order valence-corrected chi connectivity index (χ2v) is 6.48. The van der Waals surface area contributed by atoms with Crippen LogP contribution in [0.4, 0.5) is 4.79 Å². The SMILES string of the molecule is COc1ccc(CCN2C(=O)N[C@@H](CC(=O)NC3CC3)C2=O)cc1OC. The zero-order chi connectivity index (χ0) is 18.7. The largest absolute Gasteiger partial charge is 0.493 e. The molecule has 1 saturated carbocycles. The molecule has 1 aromatic carbocycles. The maximum atomic E-state index is 12.4. The normalized spacial score (nSPS) is 19.3. The number of ether oxygens (including phenoxy) is 2. The van der Waals surface area contributed by atoms with Crippen LogP contribution in [-0.4, -0.2) is 55.6 Å². The van der Waals surface area contributed by atoms with Gasteiger partial charge in [-0.25, -0.2) is 4.79 Å². The van der Waals surface area contributed by atoms with E-state index in [1.54, 1.807) is 20.3 Å². The lowest BCUT2D eigenvalue weighted by atomic mass is 10.1. The number of hydrogen-bond donors (Lipinski definition) is 2. The number of carbonyl (C=O) groups is 3. The van der Waals surface area contributed by atoms with Crippen LogP contribution in [0, 0.1) is 0 Å². The van der Waals surface area contributed by atoms with Gasteiger partial charge in [0.05, 0.1) is 20.6 Å². The van der Waals surface area contributed by atoms with Crippen LogP contribution in [-0.2, 0) is 16.0 Å². The lowest BCUT2D eigenvalue weighted by molar-refractivity contribution is -0.130. The Bertz CT molecular complexity index is 717. The van der Waals surface area contributed by atoms with Gasteiger partial charge in [0.25, 0.3) is 5.91 Å². The zero-order valence-electron chi connectivity index (χ0n) is 14.9. The van der Waals surface area contributed by atoms with Crippen molar-refractivity contribution in [3.05, 3.63) is 23.8 Å². The maximum absolute atomic E-state index is 12.4. The third kappa shape index (κ3) is 4.07. The van der Waals surface area contributed by atoms with Gasteiger partial charge < -0.3 is 20.1 Å². The Labute approximate surface area is 151 Å². The van der Waals surface area contributed by atoms with Crippen LogP contribution in [0.25, 0.3) is 0 Å². The first-order valence-corrected chi connectivity index (χ1v) is 8.64. The number of benzene rings is 1. The molecule has 2 N–H and O–H groups in total. The van der Waals surface area contributed by atoms with E-state index >= 15 is 0 Å². The molecule has 4 amide bonds. The van der Waals surface area contributed by atoms with Gasteiger partial charge in [-0.2, -0.15) is 0 Å². The minimum Gasteiger partial charge on any atom is -0.493 e. The molecule has 140 valence electrons. The summed E-state index contributed by atoms with van der Waals surface area (Å²) in [5.74, 6) is 0.652. The van der Waals surface area contributed by atoms with Gasteiger partial charge in [0.15, 0.2) is 11.5 Å². The summed E-state index contributed by atoms with van der Waals surface area (Å²) in [6.45, 7) is 0.237. The minimum atomic E-state index is -0.786. The van der Waals surface area contributed by atoms with Crippen LogP contribution in [0.15, 0.2) is 18.2 Å². The van der Waals surface area contributed by atoms with Crippen molar-refractivity contribution in [3.63, 3.8) is 0 Å². The van der Waals surface area contributed by atoms with Crippen LogP contribution < -0.4 is 20.1 Å². The van der Waals surface area contributed by atoms with E-state index in [1.165, 1.54) is 0 Å². The molecule has 0 spiro atoms. The van der Waals surface area contributed by atoms with Crippen molar-refractivity contribution >= 4 is 17.8 Å². The molecular formula is C18H23N3O5. The Kier molecular flexibility index (Phi) is 5.29. The Hall–Kier alpha value is -2.77. The fourth-order valence-corrected chi connectivity index (χ4v) is 2.90. The number of hydrogen-bond acceptors (Lipinski definition) is 5. The highest BCUT2D eigenvalue weighted by Gasteiger charge is 2.39. The van der Waals surface area contributed by atoms with Crippen LogP contribution in [0.1, 0.15) is 24.8 Å². The molecular weight excluding hydrogens is 338 g/mol. The third-order valence-corrected chi connectivity index (χ3v) is 4.51. The molecule has 1 atom stereocenters. The predicted molar refractivity (Wildman–Crippen MR) is 93.1 cm³/mol. The summed E-state index contributed by atoms with van der Waals surface area (Å²) in [5, 5.41) is 5.41. The lowest BCUT2D eigenvalue weighted by Gasteiger charge is -2.14. The number of imide groups is 1. The molecule has 0 bridgehead atoms. The molecule has 1 aliphatic carbocycles. The molecule has 0 aromatic heterocycles. The fraction of sp³-hybridized carbons (Fsp3) is 0.500. The summed E-state index contributed by atoms with van der Waals surface area (Å²) in [6, 6.07) is 4.45. The summed E-state index contributed by atoms with van der Waals surface area (Å²) >= 11 is 0. The van der Waals surface area contributed by atoms with Crippen LogP contribution in [0.3, 0.4) is 0 Å². The molecule has 1 heterocycles. The molecule has 2 aliphatic rings. The van der Waals surface area contributed by atoms with Crippen molar-refractivity contribution in [1.82, 2.24) is 15.5 Å². The van der Waals surface area contributed by atoms with E-state index in [0.29, 0.717) is 17.9 Å². The van der Waals surface area contributed by atoms with Gasteiger partial charge in [0.2, 0.25) is 5.91 Å². The van der Waals surface area contributed by atoms with Gasteiger partial charge in [-0.15, -0.1) is 0 Å². The Balaban J connectivity index is 1.56. The van der Waals surface area contributed by atoms with Crippen molar-refractivity contribution in [2.45, 2.75) is 37.8 Å². The monoisotopic (exact) mass is 361 g/mol. The molecule has 1 saturated heterocycles.